The summed E-state index contributed by atoms with van der Waals surface area (Å²) in [5, 5.41) is 0. The van der Waals surface area contributed by atoms with Crippen molar-refractivity contribution in [2.45, 2.75) is 25.7 Å². The molecule has 1 unspecified atom stereocenters. The molecule has 0 N–H and O–H groups in total. The van der Waals surface area contributed by atoms with Crippen LogP contribution in [0.4, 0.5) is 0 Å². The Morgan fingerprint density at radius 2 is 1.44 bits per heavy atom. The molecule has 2 nitrogen and oxygen atoms in total. The van der Waals surface area contributed by atoms with Gasteiger partial charge in [-0.3, -0.25) is 0 Å². The van der Waals surface area contributed by atoms with Gasteiger partial charge in [-0.1, -0.05) is 85.8 Å². The molecular weight excluding hydrogens is 368 g/mol. The third-order valence-corrected chi connectivity index (χ3v) is 5.89. The van der Waals surface area contributed by atoms with Crippen molar-refractivity contribution in [1.82, 2.24) is 0 Å². The number of hydrogen-bond donors (Lipinski definition) is 0. The number of fused-ring (bicyclic) bond motifs is 3. The molecule has 3 heteroatoms. The van der Waals surface area contributed by atoms with E-state index < -0.39 is 19.1 Å². The van der Waals surface area contributed by atoms with Crippen LogP contribution in [-0.4, -0.2) is 0 Å². The van der Waals surface area contributed by atoms with Gasteiger partial charge in [0.2, 0.25) is 0 Å². The summed E-state index contributed by atoms with van der Waals surface area (Å²) in [4.78, 5) is 0. The summed E-state index contributed by atoms with van der Waals surface area (Å²) in [6.45, 7) is 6.43. The van der Waals surface area contributed by atoms with E-state index in [1.54, 1.807) is 0 Å². The molecule has 2 aromatic carbocycles. The topological polar surface area (TPSA) is 34.1 Å². The van der Waals surface area contributed by atoms with Gasteiger partial charge in [0.15, 0.2) is 0 Å². The van der Waals surface area contributed by atoms with E-state index in [1.165, 1.54) is 22.3 Å². The fourth-order valence-corrected chi connectivity index (χ4v) is 4.65. The monoisotopic (exact) mass is 392 g/mol. The average Bonchev–Trinajstić information content (AvgIpc) is 3.34. The van der Waals surface area contributed by atoms with E-state index in [-0.39, 0.29) is 5.41 Å². The Hall–Kier alpha value is -2.03. The molecule has 0 saturated carbocycles. The number of benzene rings is 2. The maximum atomic E-state index is 8.50. The quantitative estimate of drug-likeness (QED) is 0.444. The molecule has 0 fully saturated rings. The van der Waals surface area contributed by atoms with Gasteiger partial charge in [-0.05, 0) is 40.5 Å². The van der Waals surface area contributed by atoms with Crippen molar-refractivity contribution in [3.05, 3.63) is 96.6 Å². The van der Waals surface area contributed by atoms with Crippen molar-refractivity contribution in [1.29, 1.82) is 0 Å². The van der Waals surface area contributed by atoms with Crippen LogP contribution in [0.1, 0.15) is 36.8 Å². The van der Waals surface area contributed by atoms with Crippen LogP contribution in [0, 0.1) is 11.3 Å². The number of allylic oxidation sites excluding steroid dienone is 5. The number of hydrogen-bond acceptors (Lipinski definition) is 2. The van der Waals surface area contributed by atoms with E-state index in [9.17, 15) is 0 Å². The Labute approximate surface area is 170 Å². The molecule has 0 radical (unpaired) electrons. The second-order valence-electron chi connectivity index (χ2n) is 7.32. The van der Waals surface area contributed by atoms with E-state index in [0.29, 0.717) is 11.8 Å². The fourth-order valence-electron chi connectivity index (χ4n) is 4.65. The van der Waals surface area contributed by atoms with E-state index in [2.05, 4.69) is 92.4 Å². The first-order chi connectivity index (χ1) is 13.2. The van der Waals surface area contributed by atoms with Gasteiger partial charge in [-0.15, -0.1) is 6.58 Å². The van der Waals surface area contributed by atoms with Gasteiger partial charge >= 0.3 is 25.7 Å². The predicted octanol–water partition coefficient (Wildman–Crippen LogP) is 6.27. The Morgan fingerprint density at radius 1 is 0.963 bits per heavy atom. The van der Waals surface area contributed by atoms with Crippen molar-refractivity contribution >= 4 is 0 Å². The minimum absolute atomic E-state index is 0.153. The van der Waals surface area contributed by atoms with Crippen molar-refractivity contribution in [2.24, 2.45) is 11.3 Å². The SMILES string of the molecule is C=CCCC(C)(C1C=CC=C1)C1c2ccccc2-c2ccccc21.[O]=[Ti]=[O]. The first-order valence-corrected chi connectivity index (χ1v) is 10.6. The molecule has 0 heterocycles. The molecule has 1 atom stereocenters. The Bertz CT molecular complexity index is 864. The van der Waals surface area contributed by atoms with Crippen LogP contribution in [-0.2, 0) is 25.7 Å². The predicted molar refractivity (Wildman–Crippen MR) is 104 cm³/mol. The first-order valence-electron chi connectivity index (χ1n) is 9.30. The van der Waals surface area contributed by atoms with Gasteiger partial charge in [0.25, 0.3) is 0 Å². The maximum absolute atomic E-state index is 8.50. The molecule has 2 aliphatic rings. The van der Waals surface area contributed by atoms with Crippen LogP contribution in [0.2, 0.25) is 0 Å². The molecule has 0 aromatic heterocycles. The number of rotatable bonds is 5. The Morgan fingerprint density at radius 3 is 1.93 bits per heavy atom. The normalized spacial score (nSPS) is 16.6. The average molecular weight is 392 g/mol. The van der Waals surface area contributed by atoms with Crippen LogP contribution >= 0.6 is 0 Å². The van der Waals surface area contributed by atoms with Gasteiger partial charge in [0, 0.05) is 11.8 Å². The van der Waals surface area contributed by atoms with Crippen LogP contribution < -0.4 is 0 Å². The van der Waals surface area contributed by atoms with Crippen LogP contribution in [0.15, 0.2) is 85.5 Å². The molecule has 0 aliphatic heterocycles. The second kappa shape index (κ2) is 8.78. The minimum atomic E-state index is -2.00. The molecule has 0 bridgehead atoms. The van der Waals surface area contributed by atoms with Crippen molar-refractivity contribution < 1.29 is 25.7 Å². The summed E-state index contributed by atoms with van der Waals surface area (Å²) in [6, 6.07) is 17.9. The first kappa shape index (κ1) is 19.7. The van der Waals surface area contributed by atoms with E-state index in [1.807, 2.05) is 0 Å². The Balaban J connectivity index is 0.000000659. The zero-order valence-corrected chi connectivity index (χ0v) is 17.2. The van der Waals surface area contributed by atoms with Gasteiger partial charge in [0.05, 0.1) is 0 Å². The standard InChI is InChI=1S/C24H24.2O.Ti/c1-3-4-17-24(2,18-11-5-6-12-18)23-21-15-9-7-13-19(21)20-14-8-10-16-22(20)23;;;/h3,5-16,18,23H,1,4,17H2,2H3;;;. The van der Waals surface area contributed by atoms with Crippen LogP contribution in [0.25, 0.3) is 11.1 Å². The van der Waals surface area contributed by atoms with Gasteiger partial charge < -0.3 is 0 Å². The Kier molecular flexibility index (Phi) is 6.41. The summed E-state index contributed by atoms with van der Waals surface area (Å²) in [6.07, 6.45) is 13.4. The zero-order valence-electron chi connectivity index (χ0n) is 15.6. The summed E-state index contributed by atoms with van der Waals surface area (Å²) < 4.78 is 17.0. The zero-order chi connectivity index (χ0) is 19.3. The summed E-state index contributed by atoms with van der Waals surface area (Å²) in [5.41, 5.74) is 5.95. The molecule has 0 spiro atoms. The van der Waals surface area contributed by atoms with E-state index in [0.717, 1.165) is 12.8 Å². The van der Waals surface area contributed by atoms with E-state index >= 15 is 0 Å². The summed E-state index contributed by atoms with van der Waals surface area (Å²) >= 11 is -2.00. The fraction of sp³-hybridized carbons (Fsp3) is 0.250. The summed E-state index contributed by atoms with van der Waals surface area (Å²) in [7, 11) is 0. The van der Waals surface area contributed by atoms with Crippen molar-refractivity contribution in [3.8, 4) is 11.1 Å². The third kappa shape index (κ3) is 3.69. The van der Waals surface area contributed by atoms with Crippen molar-refractivity contribution in [3.63, 3.8) is 0 Å². The molecule has 27 heavy (non-hydrogen) atoms. The molecule has 0 saturated heterocycles. The van der Waals surface area contributed by atoms with Crippen LogP contribution in [0.3, 0.4) is 0 Å². The summed E-state index contributed by atoms with van der Waals surface area (Å²) in [5.74, 6) is 0.906. The van der Waals surface area contributed by atoms with Crippen LogP contribution in [0.5, 0.6) is 0 Å². The second-order valence-corrected chi connectivity index (χ2v) is 7.58. The molecule has 2 aliphatic carbocycles. The van der Waals surface area contributed by atoms with Gasteiger partial charge in [0.1, 0.15) is 0 Å². The molecule has 0 amide bonds. The van der Waals surface area contributed by atoms with Gasteiger partial charge in [-0.2, -0.15) is 0 Å². The molecule has 136 valence electrons. The van der Waals surface area contributed by atoms with Crippen molar-refractivity contribution in [2.75, 3.05) is 0 Å². The third-order valence-electron chi connectivity index (χ3n) is 5.89. The van der Waals surface area contributed by atoms with E-state index in [4.69, 9.17) is 6.65 Å². The van der Waals surface area contributed by atoms with Gasteiger partial charge in [-0.25, -0.2) is 0 Å². The molecular formula is C24H24O2Ti. The molecule has 4 rings (SSSR count). The molecule has 2 aromatic rings.